The maximum absolute atomic E-state index is 11.2. The number of nitrogens with one attached hydrogen (secondary N) is 1. The topological polar surface area (TPSA) is 62.1 Å². The summed E-state index contributed by atoms with van der Waals surface area (Å²) in [4.78, 5) is 11.2. The molecule has 0 fully saturated rings. The van der Waals surface area contributed by atoms with Crippen LogP contribution in [-0.4, -0.2) is 17.9 Å². The molecule has 0 aliphatic rings. The van der Waals surface area contributed by atoms with E-state index in [9.17, 15) is 4.79 Å². The number of nitrogens with zero attached hydrogens (tertiary/aromatic N) is 1. The number of rotatable bonds is 4. The Balaban J connectivity index is 3.03. The van der Waals surface area contributed by atoms with E-state index in [0.717, 1.165) is 0 Å². The number of hydrogen-bond acceptors (Lipinski definition) is 3. The van der Waals surface area contributed by atoms with E-state index in [0.29, 0.717) is 17.0 Å². The summed E-state index contributed by atoms with van der Waals surface area (Å²) in [7, 11) is 0. The lowest BCUT2D eigenvalue weighted by atomic mass is 10.2. The molecule has 1 amide bonds. The highest BCUT2D eigenvalue weighted by Crippen LogP contribution is 2.26. The quantitative estimate of drug-likeness (QED) is 0.838. The van der Waals surface area contributed by atoms with Crippen molar-refractivity contribution < 1.29 is 9.53 Å². The Morgan fingerprint density at radius 3 is 2.82 bits per heavy atom. The van der Waals surface area contributed by atoms with E-state index in [1.807, 2.05) is 19.9 Å². The number of carbonyl (C=O) groups is 1. The molecule has 0 aliphatic carbocycles. The number of carbonyl (C=O) groups excluding carboxylic acids is 1. The first kappa shape index (κ1) is 13.3. The van der Waals surface area contributed by atoms with Crippen LogP contribution >= 0.6 is 11.6 Å². The molecule has 0 unspecified atom stereocenters. The minimum atomic E-state index is -0.338. The van der Waals surface area contributed by atoms with Crippen molar-refractivity contribution in [3.05, 3.63) is 23.8 Å². The fourth-order valence-corrected chi connectivity index (χ4v) is 1.30. The summed E-state index contributed by atoms with van der Waals surface area (Å²) in [6.07, 6.45) is -0.0189. The number of alkyl halides is 1. The molecule has 4 nitrogen and oxygen atoms in total. The maximum Gasteiger partial charge on any atom is 0.239 e. The standard InChI is InChI=1S/C12H13ClN2O2/c1-8(2)17-11-4-3-9(7-14)5-10(11)15-12(16)6-13/h3-5,8H,6H2,1-2H3,(H,15,16). The van der Waals surface area contributed by atoms with Crippen LogP contribution in [0.3, 0.4) is 0 Å². The van der Waals surface area contributed by atoms with E-state index in [1.54, 1.807) is 18.2 Å². The van der Waals surface area contributed by atoms with E-state index < -0.39 is 0 Å². The minimum Gasteiger partial charge on any atom is -0.489 e. The normalized spacial score (nSPS) is 9.82. The van der Waals surface area contributed by atoms with Crippen LogP contribution in [0.4, 0.5) is 5.69 Å². The van der Waals surface area contributed by atoms with Gasteiger partial charge in [-0.25, -0.2) is 0 Å². The summed E-state index contributed by atoms with van der Waals surface area (Å²) < 4.78 is 5.52. The molecule has 0 saturated carbocycles. The summed E-state index contributed by atoms with van der Waals surface area (Å²) in [6.45, 7) is 3.76. The van der Waals surface area contributed by atoms with Crippen LogP contribution in [0, 0.1) is 11.3 Å². The monoisotopic (exact) mass is 252 g/mol. The highest BCUT2D eigenvalue weighted by Gasteiger charge is 2.09. The summed E-state index contributed by atoms with van der Waals surface area (Å²) in [6, 6.07) is 6.85. The molecule has 0 saturated heterocycles. The van der Waals surface area contributed by atoms with Crippen molar-refractivity contribution in [1.82, 2.24) is 0 Å². The van der Waals surface area contributed by atoms with Gasteiger partial charge in [-0.3, -0.25) is 4.79 Å². The predicted molar refractivity (Wildman–Crippen MR) is 66.3 cm³/mol. The second-order valence-corrected chi connectivity index (χ2v) is 3.94. The Kier molecular flexibility index (Phi) is 4.80. The molecule has 0 atom stereocenters. The summed E-state index contributed by atoms with van der Waals surface area (Å²) >= 11 is 5.42. The first-order chi connectivity index (χ1) is 8.06. The van der Waals surface area contributed by atoms with Gasteiger partial charge in [-0.1, -0.05) is 0 Å². The minimum absolute atomic E-state index is 0.0189. The third-order valence-corrected chi connectivity index (χ3v) is 2.11. The van der Waals surface area contributed by atoms with E-state index in [1.165, 1.54) is 0 Å². The number of hydrogen-bond donors (Lipinski definition) is 1. The lowest BCUT2D eigenvalue weighted by molar-refractivity contribution is -0.113. The zero-order valence-electron chi connectivity index (χ0n) is 9.66. The van der Waals surface area contributed by atoms with Gasteiger partial charge in [0.05, 0.1) is 23.4 Å². The highest BCUT2D eigenvalue weighted by atomic mass is 35.5. The first-order valence-electron chi connectivity index (χ1n) is 5.13. The van der Waals surface area contributed by atoms with Crippen LogP contribution in [0.15, 0.2) is 18.2 Å². The second kappa shape index (κ2) is 6.12. The smallest absolute Gasteiger partial charge is 0.239 e. The molecule has 0 aromatic heterocycles. The van der Waals surface area contributed by atoms with Gasteiger partial charge in [-0.2, -0.15) is 5.26 Å². The second-order valence-electron chi connectivity index (χ2n) is 3.67. The number of anilines is 1. The molecule has 5 heteroatoms. The van der Waals surface area contributed by atoms with Gasteiger partial charge in [0, 0.05) is 0 Å². The highest BCUT2D eigenvalue weighted by molar-refractivity contribution is 6.29. The van der Waals surface area contributed by atoms with Crippen molar-refractivity contribution in [2.75, 3.05) is 11.2 Å². The number of amides is 1. The Morgan fingerprint density at radius 1 is 1.59 bits per heavy atom. The molecular weight excluding hydrogens is 240 g/mol. The van der Waals surface area contributed by atoms with Crippen LogP contribution in [0.5, 0.6) is 5.75 Å². The lowest BCUT2D eigenvalue weighted by Gasteiger charge is -2.14. The van der Waals surface area contributed by atoms with Crippen molar-refractivity contribution in [1.29, 1.82) is 5.26 Å². The zero-order chi connectivity index (χ0) is 12.8. The van der Waals surface area contributed by atoms with Gasteiger partial charge in [0.15, 0.2) is 0 Å². The Hall–Kier alpha value is -1.73. The largest absolute Gasteiger partial charge is 0.489 e. The van der Waals surface area contributed by atoms with Gasteiger partial charge in [-0.15, -0.1) is 11.6 Å². The van der Waals surface area contributed by atoms with E-state index in [-0.39, 0.29) is 17.9 Å². The third kappa shape index (κ3) is 3.97. The average molecular weight is 253 g/mol. The number of ether oxygens (including phenoxy) is 1. The molecule has 90 valence electrons. The summed E-state index contributed by atoms with van der Waals surface area (Å²) in [5.74, 6) is 0.0468. The molecular formula is C12H13ClN2O2. The van der Waals surface area contributed by atoms with Gasteiger partial charge >= 0.3 is 0 Å². The molecule has 17 heavy (non-hydrogen) atoms. The zero-order valence-corrected chi connectivity index (χ0v) is 10.4. The molecule has 0 heterocycles. The van der Waals surface area contributed by atoms with E-state index >= 15 is 0 Å². The van der Waals surface area contributed by atoms with Crippen molar-refractivity contribution >= 4 is 23.2 Å². The van der Waals surface area contributed by atoms with Crippen molar-refractivity contribution in [3.8, 4) is 11.8 Å². The molecule has 0 bridgehead atoms. The van der Waals surface area contributed by atoms with Gasteiger partial charge in [0.2, 0.25) is 5.91 Å². The van der Waals surface area contributed by atoms with Gasteiger partial charge < -0.3 is 10.1 Å². The SMILES string of the molecule is CC(C)Oc1ccc(C#N)cc1NC(=O)CCl. The van der Waals surface area contributed by atoms with Crippen molar-refractivity contribution in [2.45, 2.75) is 20.0 Å². The molecule has 1 aromatic rings. The molecule has 0 radical (unpaired) electrons. The maximum atomic E-state index is 11.2. The van der Waals surface area contributed by atoms with Crippen molar-refractivity contribution in [3.63, 3.8) is 0 Å². The lowest BCUT2D eigenvalue weighted by Crippen LogP contribution is -2.15. The molecule has 1 rings (SSSR count). The van der Waals surface area contributed by atoms with Gasteiger partial charge in [0.25, 0.3) is 0 Å². The van der Waals surface area contributed by atoms with Crippen LogP contribution in [0.1, 0.15) is 19.4 Å². The van der Waals surface area contributed by atoms with Gasteiger partial charge in [-0.05, 0) is 32.0 Å². The number of nitriles is 1. The van der Waals surface area contributed by atoms with Crippen LogP contribution in [0.2, 0.25) is 0 Å². The Labute approximate surface area is 105 Å². The Morgan fingerprint density at radius 2 is 2.29 bits per heavy atom. The summed E-state index contributed by atoms with van der Waals surface area (Å²) in [5.41, 5.74) is 0.911. The molecule has 1 N–H and O–H groups in total. The Bertz CT molecular complexity index is 452. The number of benzene rings is 1. The first-order valence-corrected chi connectivity index (χ1v) is 5.67. The fourth-order valence-electron chi connectivity index (χ4n) is 1.24. The van der Waals surface area contributed by atoms with Crippen LogP contribution in [-0.2, 0) is 4.79 Å². The molecule has 0 spiro atoms. The van der Waals surface area contributed by atoms with Crippen LogP contribution in [0.25, 0.3) is 0 Å². The van der Waals surface area contributed by atoms with Crippen molar-refractivity contribution in [2.24, 2.45) is 0 Å². The molecule has 1 aromatic carbocycles. The number of halogens is 1. The summed E-state index contributed by atoms with van der Waals surface area (Å²) in [5, 5.41) is 11.4. The molecule has 0 aliphatic heterocycles. The van der Waals surface area contributed by atoms with E-state index in [4.69, 9.17) is 21.6 Å². The third-order valence-electron chi connectivity index (χ3n) is 1.87. The van der Waals surface area contributed by atoms with Crippen LogP contribution < -0.4 is 10.1 Å². The van der Waals surface area contributed by atoms with E-state index in [2.05, 4.69) is 5.32 Å². The predicted octanol–water partition coefficient (Wildman–Crippen LogP) is 2.52. The fraction of sp³-hybridized carbons (Fsp3) is 0.333. The van der Waals surface area contributed by atoms with Gasteiger partial charge in [0.1, 0.15) is 11.6 Å². The average Bonchev–Trinajstić information content (AvgIpc) is 2.30.